The van der Waals surface area contributed by atoms with E-state index in [2.05, 4.69) is 15.4 Å². The molecule has 8 nitrogen and oxygen atoms in total. The fourth-order valence-corrected chi connectivity index (χ4v) is 4.26. The van der Waals surface area contributed by atoms with Crippen molar-refractivity contribution in [3.05, 3.63) is 106 Å². The number of aromatic nitrogens is 3. The molecule has 178 valence electrons. The summed E-state index contributed by atoms with van der Waals surface area (Å²) in [6.07, 6.45) is 0. The number of amides is 1. The van der Waals surface area contributed by atoms with Crippen molar-refractivity contribution in [1.29, 1.82) is 0 Å². The first kappa shape index (κ1) is 23.1. The molecule has 2 aromatic heterocycles. The highest BCUT2D eigenvalue weighted by Crippen LogP contribution is 2.25. The number of ether oxygens (including phenoxy) is 1. The van der Waals surface area contributed by atoms with Crippen LogP contribution in [0.3, 0.4) is 0 Å². The van der Waals surface area contributed by atoms with Crippen LogP contribution in [0.4, 0.5) is 9.52 Å². The number of benzene rings is 3. The summed E-state index contributed by atoms with van der Waals surface area (Å²) in [5.41, 5.74) is 1.29. The largest absolute Gasteiger partial charge is 0.451 e. The number of carbonyl (C=O) groups is 2. The highest BCUT2D eigenvalue weighted by molar-refractivity contribution is 7.14. The predicted octanol–water partition coefficient (Wildman–Crippen LogP) is 4.44. The number of fused-ring (bicyclic) bond motifs is 1. The molecule has 0 bridgehead atoms. The van der Waals surface area contributed by atoms with E-state index >= 15 is 0 Å². The van der Waals surface area contributed by atoms with Crippen molar-refractivity contribution in [2.45, 2.75) is 0 Å². The molecule has 0 saturated heterocycles. The SMILES string of the molecule is O=C(COC(=O)c1nn(-c2ccccc2)c(=O)c2ccccc12)Nc1nc(-c2ccc(F)cc2)cs1. The molecule has 10 heteroatoms. The lowest BCUT2D eigenvalue weighted by molar-refractivity contribution is -0.119. The minimum absolute atomic E-state index is 0.0882. The molecule has 3 aromatic carbocycles. The summed E-state index contributed by atoms with van der Waals surface area (Å²) in [6, 6.07) is 21.1. The van der Waals surface area contributed by atoms with Crippen LogP contribution >= 0.6 is 11.3 Å². The van der Waals surface area contributed by atoms with Crippen LogP contribution in [0, 0.1) is 5.82 Å². The summed E-state index contributed by atoms with van der Waals surface area (Å²) in [4.78, 5) is 42.6. The van der Waals surface area contributed by atoms with E-state index in [9.17, 15) is 18.8 Å². The first-order valence-electron chi connectivity index (χ1n) is 10.8. The van der Waals surface area contributed by atoms with E-state index in [0.717, 1.165) is 4.68 Å². The number of nitrogens with one attached hydrogen (secondary N) is 1. The smallest absolute Gasteiger partial charge is 0.359 e. The molecule has 0 atom stereocenters. The second-order valence-corrected chi connectivity index (χ2v) is 8.47. The van der Waals surface area contributed by atoms with Gasteiger partial charge in [0, 0.05) is 16.3 Å². The maximum absolute atomic E-state index is 13.1. The molecule has 0 fully saturated rings. The molecular formula is C26H17FN4O4S. The molecule has 2 heterocycles. The van der Waals surface area contributed by atoms with Crippen LogP contribution in [0.1, 0.15) is 10.5 Å². The first-order chi connectivity index (χ1) is 17.5. The van der Waals surface area contributed by atoms with E-state index in [-0.39, 0.29) is 17.1 Å². The minimum Gasteiger partial charge on any atom is -0.451 e. The summed E-state index contributed by atoms with van der Waals surface area (Å²) < 4.78 is 19.5. The van der Waals surface area contributed by atoms with E-state index in [1.165, 1.54) is 23.5 Å². The van der Waals surface area contributed by atoms with E-state index in [0.29, 0.717) is 32.8 Å². The Morgan fingerprint density at radius 1 is 0.944 bits per heavy atom. The molecule has 0 unspecified atom stereocenters. The number of carbonyl (C=O) groups excluding carboxylic acids is 2. The molecule has 0 radical (unpaired) electrons. The maximum Gasteiger partial charge on any atom is 0.359 e. The van der Waals surface area contributed by atoms with Gasteiger partial charge in [-0.25, -0.2) is 14.2 Å². The molecule has 5 rings (SSSR count). The van der Waals surface area contributed by atoms with Gasteiger partial charge < -0.3 is 4.74 Å². The minimum atomic E-state index is -0.850. The van der Waals surface area contributed by atoms with Crippen molar-refractivity contribution in [1.82, 2.24) is 14.8 Å². The third kappa shape index (κ3) is 4.75. The van der Waals surface area contributed by atoms with Gasteiger partial charge in [0.2, 0.25) is 0 Å². The number of nitrogens with zero attached hydrogens (tertiary/aromatic N) is 3. The van der Waals surface area contributed by atoms with Gasteiger partial charge in [0.15, 0.2) is 17.4 Å². The molecule has 0 aliphatic heterocycles. The summed E-state index contributed by atoms with van der Waals surface area (Å²) in [7, 11) is 0. The normalized spacial score (nSPS) is 10.8. The number of rotatable bonds is 6. The van der Waals surface area contributed by atoms with E-state index in [1.807, 2.05) is 0 Å². The molecular weight excluding hydrogens is 483 g/mol. The molecule has 0 aliphatic rings. The van der Waals surface area contributed by atoms with Gasteiger partial charge in [0.1, 0.15) is 5.82 Å². The standard InChI is InChI=1S/C26H17FN4O4S/c27-17-12-10-16(11-13-17)21-15-36-26(28-21)29-22(32)14-35-25(34)23-19-8-4-5-9-20(19)24(33)31(30-23)18-6-2-1-3-7-18/h1-13,15H,14H2,(H,28,29,32). The second-order valence-electron chi connectivity index (χ2n) is 7.62. The molecule has 0 saturated carbocycles. The van der Waals surface area contributed by atoms with E-state index < -0.39 is 18.5 Å². The Hall–Kier alpha value is -4.70. The molecule has 0 aliphatic carbocycles. The lowest BCUT2D eigenvalue weighted by Gasteiger charge is -2.10. The molecule has 0 spiro atoms. The van der Waals surface area contributed by atoms with Crippen LogP contribution in [0.15, 0.2) is 89.0 Å². The molecule has 1 N–H and O–H groups in total. The van der Waals surface area contributed by atoms with Crippen molar-refractivity contribution in [2.24, 2.45) is 0 Å². The summed E-state index contributed by atoms with van der Waals surface area (Å²) in [5, 5.41) is 9.45. The van der Waals surface area contributed by atoms with Crippen molar-refractivity contribution in [3.63, 3.8) is 0 Å². The Morgan fingerprint density at radius 2 is 1.64 bits per heavy atom. The average molecular weight is 501 g/mol. The van der Waals surface area contributed by atoms with Crippen LogP contribution in [0.25, 0.3) is 27.7 Å². The summed E-state index contributed by atoms with van der Waals surface area (Å²) in [6.45, 7) is -0.579. The van der Waals surface area contributed by atoms with Crippen LogP contribution in [0.5, 0.6) is 0 Å². The number of anilines is 1. The Balaban J connectivity index is 1.32. The van der Waals surface area contributed by atoms with Crippen molar-refractivity contribution in [2.75, 3.05) is 11.9 Å². The Morgan fingerprint density at radius 3 is 2.39 bits per heavy atom. The lowest BCUT2D eigenvalue weighted by atomic mass is 10.1. The van der Waals surface area contributed by atoms with Gasteiger partial charge in [-0.2, -0.15) is 9.78 Å². The van der Waals surface area contributed by atoms with Gasteiger partial charge >= 0.3 is 5.97 Å². The fraction of sp³-hybridized carbons (Fsp3) is 0.0385. The Labute approximate surface area is 207 Å². The maximum atomic E-state index is 13.1. The van der Waals surface area contributed by atoms with Gasteiger partial charge in [-0.05, 0) is 42.5 Å². The van der Waals surface area contributed by atoms with Gasteiger partial charge in [-0.1, -0.05) is 36.4 Å². The zero-order chi connectivity index (χ0) is 25.1. The highest BCUT2D eigenvalue weighted by Gasteiger charge is 2.20. The first-order valence-corrected chi connectivity index (χ1v) is 11.6. The van der Waals surface area contributed by atoms with E-state index in [4.69, 9.17) is 4.74 Å². The van der Waals surface area contributed by atoms with E-state index in [1.54, 1.807) is 72.1 Å². The van der Waals surface area contributed by atoms with Crippen molar-refractivity contribution >= 4 is 39.1 Å². The summed E-state index contributed by atoms with van der Waals surface area (Å²) in [5.74, 6) is -1.80. The van der Waals surface area contributed by atoms with Gasteiger partial charge in [-0.3, -0.25) is 14.9 Å². The average Bonchev–Trinajstić information content (AvgIpc) is 3.37. The fourth-order valence-electron chi connectivity index (χ4n) is 3.52. The number of halogens is 1. The lowest BCUT2D eigenvalue weighted by Crippen LogP contribution is -2.26. The number of hydrogen-bond donors (Lipinski definition) is 1. The second kappa shape index (κ2) is 9.88. The number of para-hydroxylation sites is 1. The topological polar surface area (TPSA) is 103 Å². The van der Waals surface area contributed by atoms with Crippen LogP contribution in [0.2, 0.25) is 0 Å². The summed E-state index contributed by atoms with van der Waals surface area (Å²) >= 11 is 1.18. The Bertz CT molecular complexity index is 1630. The third-order valence-corrected chi connectivity index (χ3v) is 5.98. The predicted molar refractivity (Wildman–Crippen MR) is 134 cm³/mol. The van der Waals surface area contributed by atoms with Gasteiger partial charge in [0.05, 0.1) is 16.8 Å². The monoisotopic (exact) mass is 500 g/mol. The molecule has 1 amide bonds. The highest BCUT2D eigenvalue weighted by atomic mass is 32.1. The van der Waals surface area contributed by atoms with Crippen LogP contribution < -0.4 is 10.9 Å². The van der Waals surface area contributed by atoms with Gasteiger partial charge in [0.25, 0.3) is 11.5 Å². The Kier molecular flexibility index (Phi) is 6.33. The number of esters is 1. The zero-order valence-corrected chi connectivity index (χ0v) is 19.4. The van der Waals surface area contributed by atoms with Crippen molar-refractivity contribution in [3.8, 4) is 16.9 Å². The quantitative estimate of drug-likeness (QED) is 0.346. The van der Waals surface area contributed by atoms with Gasteiger partial charge in [-0.15, -0.1) is 11.3 Å². The van der Waals surface area contributed by atoms with Crippen molar-refractivity contribution < 1.29 is 18.7 Å². The zero-order valence-electron chi connectivity index (χ0n) is 18.6. The number of hydrogen-bond acceptors (Lipinski definition) is 7. The number of thiazole rings is 1. The molecule has 5 aromatic rings. The third-order valence-electron chi connectivity index (χ3n) is 5.22. The van der Waals surface area contributed by atoms with Crippen LogP contribution in [-0.2, 0) is 9.53 Å². The molecule has 36 heavy (non-hydrogen) atoms. The van der Waals surface area contributed by atoms with Crippen LogP contribution in [-0.4, -0.2) is 33.2 Å².